The van der Waals surface area contributed by atoms with Crippen LogP contribution in [0.25, 0.3) is 6.08 Å². The SMILES string of the molecule is COc1ccc(C=C2Oc3cc(OCC(=O)N4C[C@H](O)C[C@H]4C(=O)O)ccc3C2=O)c(OC)c1OC. The van der Waals surface area contributed by atoms with E-state index < -0.39 is 30.6 Å². The number of hydrogen-bond acceptors (Lipinski definition) is 9. The molecule has 1 amide bonds. The van der Waals surface area contributed by atoms with E-state index in [-0.39, 0.29) is 36.0 Å². The zero-order valence-corrected chi connectivity index (χ0v) is 19.8. The Labute approximate surface area is 206 Å². The Balaban J connectivity index is 1.50. The van der Waals surface area contributed by atoms with Crippen molar-refractivity contribution < 1.29 is 48.3 Å². The Bertz CT molecular complexity index is 1240. The first-order chi connectivity index (χ1) is 17.3. The summed E-state index contributed by atoms with van der Waals surface area (Å²) < 4.78 is 27.4. The molecule has 36 heavy (non-hydrogen) atoms. The predicted molar refractivity (Wildman–Crippen MR) is 125 cm³/mol. The Hall–Kier alpha value is -4.25. The first kappa shape index (κ1) is 24.9. The number of Topliss-reactive ketones (excluding diaryl/α,β-unsaturated/α-hetero) is 1. The summed E-state index contributed by atoms with van der Waals surface area (Å²) in [6.45, 7) is -0.510. The van der Waals surface area contributed by atoms with Crippen LogP contribution in [-0.2, 0) is 9.59 Å². The minimum absolute atomic E-state index is 0.0319. The van der Waals surface area contributed by atoms with Crippen LogP contribution in [0, 0.1) is 0 Å². The van der Waals surface area contributed by atoms with Gasteiger partial charge in [0.15, 0.2) is 23.9 Å². The van der Waals surface area contributed by atoms with Gasteiger partial charge < -0.3 is 38.8 Å². The lowest BCUT2D eigenvalue weighted by molar-refractivity contribution is -0.148. The number of allylic oxidation sites excluding steroid dienone is 1. The maximum Gasteiger partial charge on any atom is 0.326 e. The maximum atomic E-state index is 12.9. The minimum Gasteiger partial charge on any atom is -0.493 e. The van der Waals surface area contributed by atoms with Crippen LogP contribution in [0.3, 0.4) is 0 Å². The number of rotatable bonds is 8. The topological polar surface area (TPSA) is 141 Å². The molecule has 2 aromatic carbocycles. The first-order valence-electron chi connectivity index (χ1n) is 11.0. The molecule has 2 aliphatic heterocycles. The summed E-state index contributed by atoms with van der Waals surface area (Å²) in [5.41, 5.74) is 0.849. The molecule has 0 unspecified atom stereocenters. The van der Waals surface area contributed by atoms with E-state index in [4.69, 9.17) is 23.7 Å². The number of nitrogens with zero attached hydrogens (tertiary/aromatic N) is 1. The fourth-order valence-electron chi connectivity index (χ4n) is 4.19. The van der Waals surface area contributed by atoms with Crippen LogP contribution in [0.15, 0.2) is 36.1 Å². The summed E-state index contributed by atoms with van der Waals surface area (Å²) in [6, 6.07) is 6.79. The highest BCUT2D eigenvalue weighted by Crippen LogP contribution is 2.42. The second kappa shape index (κ2) is 10.2. The normalized spacial score (nSPS) is 19.6. The van der Waals surface area contributed by atoms with Crippen LogP contribution >= 0.6 is 0 Å². The van der Waals surface area contributed by atoms with E-state index in [9.17, 15) is 24.6 Å². The number of aliphatic hydroxyl groups excluding tert-OH is 1. The van der Waals surface area contributed by atoms with Crippen molar-refractivity contribution in [3.05, 3.63) is 47.2 Å². The van der Waals surface area contributed by atoms with Crippen molar-refractivity contribution in [2.24, 2.45) is 0 Å². The molecule has 1 saturated heterocycles. The van der Waals surface area contributed by atoms with E-state index >= 15 is 0 Å². The zero-order valence-electron chi connectivity index (χ0n) is 19.8. The van der Waals surface area contributed by atoms with Gasteiger partial charge in [-0.1, -0.05) is 0 Å². The van der Waals surface area contributed by atoms with Crippen molar-refractivity contribution in [3.63, 3.8) is 0 Å². The van der Waals surface area contributed by atoms with Gasteiger partial charge in [-0.3, -0.25) is 9.59 Å². The second-order valence-electron chi connectivity index (χ2n) is 8.10. The Morgan fingerprint density at radius 1 is 1.11 bits per heavy atom. The van der Waals surface area contributed by atoms with Crippen LogP contribution in [0.4, 0.5) is 0 Å². The van der Waals surface area contributed by atoms with Crippen LogP contribution in [0.5, 0.6) is 28.7 Å². The number of fused-ring (bicyclic) bond motifs is 1. The van der Waals surface area contributed by atoms with Crippen molar-refractivity contribution in [3.8, 4) is 28.7 Å². The van der Waals surface area contributed by atoms with E-state index in [1.807, 2.05) is 0 Å². The van der Waals surface area contributed by atoms with E-state index in [0.717, 1.165) is 4.90 Å². The highest BCUT2D eigenvalue weighted by Gasteiger charge is 2.39. The number of β-amino-alcohol motifs (C(OH)–C–C–N with tert-alkyl or cyclic N) is 1. The number of ketones is 1. The number of methoxy groups -OCH3 is 3. The second-order valence-corrected chi connectivity index (χ2v) is 8.10. The number of carboxylic acid groups (broad SMARTS) is 1. The summed E-state index contributed by atoms with van der Waals surface area (Å²) >= 11 is 0. The van der Waals surface area contributed by atoms with Gasteiger partial charge in [0.2, 0.25) is 11.5 Å². The lowest BCUT2D eigenvalue weighted by atomic mass is 10.1. The monoisotopic (exact) mass is 499 g/mol. The summed E-state index contributed by atoms with van der Waals surface area (Å²) in [7, 11) is 4.45. The fraction of sp³-hybridized carbons (Fsp3) is 0.320. The van der Waals surface area contributed by atoms with E-state index in [0.29, 0.717) is 28.4 Å². The molecule has 2 atom stereocenters. The molecule has 2 aromatic rings. The van der Waals surface area contributed by atoms with Crippen LogP contribution in [-0.4, -0.2) is 79.4 Å². The van der Waals surface area contributed by atoms with Gasteiger partial charge in [0.05, 0.1) is 33.0 Å². The van der Waals surface area contributed by atoms with Gasteiger partial charge in [-0.25, -0.2) is 4.79 Å². The lowest BCUT2D eigenvalue weighted by Crippen LogP contribution is -2.42. The van der Waals surface area contributed by atoms with Gasteiger partial charge >= 0.3 is 5.97 Å². The lowest BCUT2D eigenvalue weighted by Gasteiger charge is -2.21. The molecule has 0 radical (unpaired) electrons. The fourth-order valence-corrected chi connectivity index (χ4v) is 4.19. The van der Waals surface area contributed by atoms with Crippen LogP contribution < -0.4 is 23.7 Å². The average molecular weight is 499 g/mol. The maximum absolute atomic E-state index is 12.9. The minimum atomic E-state index is -1.19. The molecule has 0 aliphatic carbocycles. The predicted octanol–water partition coefficient (Wildman–Crippen LogP) is 1.75. The summed E-state index contributed by atoms with van der Waals surface area (Å²) in [5.74, 6) is -0.347. The average Bonchev–Trinajstić information content (AvgIpc) is 3.41. The number of carbonyl (C=O) groups excluding carboxylic acids is 2. The standard InChI is InChI=1S/C25H25NO10/c1-32-18-7-4-13(23(33-2)24(18)34-3)8-20-22(29)16-6-5-15(10-19(16)36-20)35-12-21(28)26-11-14(27)9-17(26)25(30)31/h4-8,10,14,17,27H,9,11-12H2,1-3H3,(H,30,31)/t14-,17+/m1/s1. The van der Waals surface area contributed by atoms with E-state index in [1.165, 1.54) is 45.6 Å². The zero-order chi connectivity index (χ0) is 26.0. The molecule has 0 aromatic heterocycles. The van der Waals surface area contributed by atoms with Crippen molar-refractivity contribution in [1.29, 1.82) is 0 Å². The number of amides is 1. The van der Waals surface area contributed by atoms with Gasteiger partial charge in [-0.2, -0.15) is 0 Å². The molecule has 4 rings (SSSR count). The third kappa shape index (κ3) is 4.65. The van der Waals surface area contributed by atoms with E-state index in [2.05, 4.69) is 0 Å². The quantitative estimate of drug-likeness (QED) is 0.516. The first-order valence-corrected chi connectivity index (χ1v) is 11.0. The van der Waals surface area contributed by atoms with E-state index in [1.54, 1.807) is 12.1 Å². The number of likely N-dealkylation sites (tertiary alicyclic amines) is 1. The van der Waals surface area contributed by atoms with Gasteiger partial charge in [0.25, 0.3) is 5.91 Å². The number of carboxylic acids is 1. The van der Waals surface area contributed by atoms with Gasteiger partial charge in [-0.15, -0.1) is 0 Å². The Kier molecular flexibility index (Phi) is 7.02. The molecule has 190 valence electrons. The third-order valence-electron chi connectivity index (χ3n) is 5.91. The van der Waals surface area contributed by atoms with Crippen LogP contribution in [0.2, 0.25) is 0 Å². The molecular formula is C25H25NO10. The Morgan fingerprint density at radius 2 is 1.86 bits per heavy atom. The van der Waals surface area contributed by atoms with Gasteiger partial charge in [0.1, 0.15) is 17.5 Å². The summed E-state index contributed by atoms with van der Waals surface area (Å²) in [5, 5.41) is 19.0. The molecule has 0 spiro atoms. The van der Waals surface area contributed by atoms with Crippen molar-refractivity contribution in [2.75, 3.05) is 34.5 Å². The number of benzene rings is 2. The third-order valence-corrected chi connectivity index (χ3v) is 5.91. The van der Waals surface area contributed by atoms with Crippen molar-refractivity contribution >= 4 is 23.7 Å². The molecule has 0 saturated carbocycles. The summed E-state index contributed by atoms with van der Waals surface area (Å²) in [4.78, 5) is 37.8. The number of carbonyl (C=O) groups is 3. The molecule has 0 bridgehead atoms. The molecule has 2 aliphatic rings. The highest BCUT2D eigenvalue weighted by molar-refractivity contribution is 6.14. The van der Waals surface area contributed by atoms with Crippen molar-refractivity contribution in [1.82, 2.24) is 4.90 Å². The van der Waals surface area contributed by atoms with Gasteiger partial charge in [0, 0.05) is 24.6 Å². The molecular weight excluding hydrogens is 474 g/mol. The van der Waals surface area contributed by atoms with Crippen LogP contribution in [0.1, 0.15) is 22.3 Å². The van der Waals surface area contributed by atoms with Crippen molar-refractivity contribution in [2.45, 2.75) is 18.6 Å². The molecule has 1 fully saturated rings. The number of ether oxygens (including phenoxy) is 5. The Morgan fingerprint density at radius 3 is 2.53 bits per heavy atom. The molecule has 2 N–H and O–H groups in total. The molecule has 11 nitrogen and oxygen atoms in total. The smallest absolute Gasteiger partial charge is 0.326 e. The number of hydrogen-bond donors (Lipinski definition) is 2. The van der Waals surface area contributed by atoms with Gasteiger partial charge in [-0.05, 0) is 30.3 Å². The molecule has 2 heterocycles. The number of aliphatic hydroxyl groups is 1. The largest absolute Gasteiger partial charge is 0.493 e. The highest BCUT2D eigenvalue weighted by atomic mass is 16.5. The number of aliphatic carboxylic acids is 1. The molecule has 11 heteroatoms. The summed E-state index contributed by atoms with van der Waals surface area (Å²) in [6.07, 6.45) is 0.595.